The first-order chi connectivity index (χ1) is 9.54. The van der Waals surface area contributed by atoms with E-state index in [1.54, 1.807) is 12.3 Å². The highest BCUT2D eigenvalue weighted by molar-refractivity contribution is 6.36. The number of amidine groups is 1. The third-order valence-electron chi connectivity index (χ3n) is 3.75. The molecule has 1 aliphatic rings. The minimum absolute atomic E-state index is 0.00169. The van der Waals surface area contributed by atoms with Gasteiger partial charge in [-0.15, -0.1) is 0 Å². The van der Waals surface area contributed by atoms with Crippen LogP contribution in [0.5, 0.6) is 0 Å². The second-order valence-corrected chi connectivity index (χ2v) is 5.54. The maximum absolute atomic E-state index is 8.77. The summed E-state index contributed by atoms with van der Waals surface area (Å²) in [5.74, 6) is 0.704. The highest BCUT2D eigenvalue weighted by Gasteiger charge is 2.24. The van der Waals surface area contributed by atoms with Crippen LogP contribution in [0.2, 0.25) is 5.02 Å². The van der Waals surface area contributed by atoms with E-state index < -0.39 is 0 Å². The molecule has 1 aromatic heterocycles. The lowest BCUT2D eigenvalue weighted by Gasteiger charge is -2.36. The lowest BCUT2D eigenvalue weighted by Crippen LogP contribution is -2.42. The van der Waals surface area contributed by atoms with Gasteiger partial charge >= 0.3 is 0 Å². The number of nitrogens with zero attached hydrogens (tertiary/aromatic N) is 4. The zero-order valence-electron chi connectivity index (χ0n) is 11.8. The van der Waals surface area contributed by atoms with Crippen molar-refractivity contribution >= 4 is 23.3 Å². The van der Waals surface area contributed by atoms with Crippen molar-refractivity contribution < 1.29 is 5.21 Å². The van der Waals surface area contributed by atoms with Crippen LogP contribution in [0.1, 0.15) is 18.4 Å². The first-order valence-electron chi connectivity index (χ1n) is 6.58. The number of rotatable bonds is 3. The van der Waals surface area contributed by atoms with Crippen LogP contribution in [0.3, 0.4) is 0 Å². The van der Waals surface area contributed by atoms with Crippen molar-refractivity contribution in [2.45, 2.75) is 18.9 Å². The molecule has 2 rings (SSSR count). The molecule has 0 aliphatic carbocycles. The number of anilines is 1. The molecule has 110 valence electrons. The standard InChI is InChI=1S/C13H20ClN5O/c1-18(2)9-4-7-19(8-5-9)13-11(14)10(3-6-16-13)12(15)17-20/h3,6,9,20H,4-5,7-8H2,1-2H3,(H2,15,17). The molecule has 0 spiro atoms. The van der Waals surface area contributed by atoms with Gasteiger partial charge in [0.2, 0.25) is 0 Å². The molecule has 0 saturated carbocycles. The summed E-state index contributed by atoms with van der Waals surface area (Å²) >= 11 is 6.33. The predicted octanol–water partition coefficient (Wildman–Crippen LogP) is 1.36. The molecule has 1 aromatic rings. The second kappa shape index (κ2) is 6.28. The molecular weight excluding hydrogens is 278 g/mol. The van der Waals surface area contributed by atoms with Gasteiger partial charge in [0.05, 0.1) is 5.02 Å². The molecule has 2 heterocycles. The van der Waals surface area contributed by atoms with E-state index in [2.05, 4.69) is 34.0 Å². The van der Waals surface area contributed by atoms with E-state index >= 15 is 0 Å². The van der Waals surface area contributed by atoms with Crippen molar-refractivity contribution in [2.75, 3.05) is 32.1 Å². The third-order valence-corrected chi connectivity index (χ3v) is 4.12. The monoisotopic (exact) mass is 297 g/mol. The molecule has 0 radical (unpaired) electrons. The van der Waals surface area contributed by atoms with Crippen LogP contribution in [-0.2, 0) is 0 Å². The number of piperidine rings is 1. The van der Waals surface area contributed by atoms with Gasteiger partial charge < -0.3 is 20.7 Å². The van der Waals surface area contributed by atoms with Gasteiger partial charge in [0.15, 0.2) is 5.84 Å². The fourth-order valence-electron chi connectivity index (χ4n) is 2.50. The predicted molar refractivity (Wildman–Crippen MR) is 80.7 cm³/mol. The molecule has 0 unspecified atom stereocenters. The SMILES string of the molecule is CN(C)C1CCN(c2nccc(/C(N)=N/O)c2Cl)CC1. The number of oxime groups is 1. The fourth-order valence-corrected chi connectivity index (χ4v) is 2.83. The summed E-state index contributed by atoms with van der Waals surface area (Å²) in [7, 11) is 4.20. The smallest absolute Gasteiger partial charge is 0.171 e. The average Bonchev–Trinajstić information content (AvgIpc) is 2.47. The van der Waals surface area contributed by atoms with Crippen LogP contribution in [0.15, 0.2) is 17.4 Å². The number of pyridine rings is 1. The minimum Gasteiger partial charge on any atom is -0.409 e. The summed E-state index contributed by atoms with van der Waals surface area (Å²) in [6.45, 7) is 1.80. The second-order valence-electron chi connectivity index (χ2n) is 5.16. The molecule has 0 bridgehead atoms. The largest absolute Gasteiger partial charge is 0.409 e. The fraction of sp³-hybridized carbons (Fsp3) is 0.538. The van der Waals surface area contributed by atoms with Crippen molar-refractivity contribution in [3.05, 3.63) is 22.8 Å². The number of hydrogen-bond acceptors (Lipinski definition) is 5. The zero-order chi connectivity index (χ0) is 14.7. The van der Waals surface area contributed by atoms with Gasteiger partial charge in [-0.2, -0.15) is 0 Å². The topological polar surface area (TPSA) is 78.0 Å². The zero-order valence-corrected chi connectivity index (χ0v) is 12.5. The third kappa shape index (κ3) is 2.96. The Kier molecular flexibility index (Phi) is 4.67. The van der Waals surface area contributed by atoms with Gasteiger partial charge in [0.1, 0.15) is 5.82 Å². The van der Waals surface area contributed by atoms with Crippen molar-refractivity contribution in [3.8, 4) is 0 Å². The van der Waals surface area contributed by atoms with E-state index in [-0.39, 0.29) is 5.84 Å². The average molecular weight is 298 g/mol. The maximum Gasteiger partial charge on any atom is 0.171 e. The molecule has 1 aliphatic heterocycles. The molecule has 0 aromatic carbocycles. The van der Waals surface area contributed by atoms with Crippen LogP contribution in [0, 0.1) is 0 Å². The van der Waals surface area contributed by atoms with Gasteiger partial charge in [0, 0.05) is 30.9 Å². The van der Waals surface area contributed by atoms with Crippen LogP contribution in [0.25, 0.3) is 0 Å². The van der Waals surface area contributed by atoms with Crippen LogP contribution in [0.4, 0.5) is 5.82 Å². The molecular formula is C13H20ClN5O. The minimum atomic E-state index is 0.00169. The Balaban J connectivity index is 2.19. The number of aromatic nitrogens is 1. The lowest BCUT2D eigenvalue weighted by molar-refractivity contribution is 0.249. The summed E-state index contributed by atoms with van der Waals surface area (Å²) in [4.78, 5) is 8.74. The Morgan fingerprint density at radius 2 is 2.15 bits per heavy atom. The van der Waals surface area contributed by atoms with E-state index in [1.165, 1.54) is 0 Å². The van der Waals surface area contributed by atoms with Crippen LogP contribution >= 0.6 is 11.6 Å². The van der Waals surface area contributed by atoms with Crippen molar-refractivity contribution in [3.63, 3.8) is 0 Å². The van der Waals surface area contributed by atoms with E-state index in [0.717, 1.165) is 25.9 Å². The molecule has 7 heteroatoms. The molecule has 1 saturated heterocycles. The summed E-state index contributed by atoms with van der Waals surface area (Å²) < 4.78 is 0. The first kappa shape index (κ1) is 14.9. The van der Waals surface area contributed by atoms with Crippen LogP contribution < -0.4 is 10.6 Å². The number of nitrogens with two attached hydrogens (primary N) is 1. The highest BCUT2D eigenvalue weighted by atomic mass is 35.5. The molecule has 0 amide bonds. The Bertz CT molecular complexity index is 498. The summed E-state index contributed by atoms with van der Waals surface area (Å²) in [5.41, 5.74) is 6.13. The van der Waals surface area contributed by atoms with Crippen molar-refractivity contribution in [1.29, 1.82) is 0 Å². The van der Waals surface area contributed by atoms with E-state index in [4.69, 9.17) is 22.5 Å². The lowest BCUT2D eigenvalue weighted by atomic mass is 10.0. The first-order valence-corrected chi connectivity index (χ1v) is 6.96. The number of hydrogen-bond donors (Lipinski definition) is 2. The quantitative estimate of drug-likeness (QED) is 0.381. The Morgan fingerprint density at radius 1 is 1.50 bits per heavy atom. The van der Waals surface area contributed by atoms with Crippen molar-refractivity contribution in [1.82, 2.24) is 9.88 Å². The molecule has 0 atom stereocenters. The summed E-state index contributed by atoms with van der Waals surface area (Å²) in [6.07, 6.45) is 3.77. The summed E-state index contributed by atoms with van der Waals surface area (Å²) in [5, 5.41) is 12.2. The Hall–Kier alpha value is -1.53. The van der Waals surface area contributed by atoms with Crippen molar-refractivity contribution in [2.24, 2.45) is 10.9 Å². The van der Waals surface area contributed by atoms with E-state index in [0.29, 0.717) is 22.4 Å². The van der Waals surface area contributed by atoms with Gasteiger partial charge in [-0.05, 0) is 33.0 Å². The maximum atomic E-state index is 8.77. The number of halogens is 1. The van der Waals surface area contributed by atoms with Gasteiger partial charge in [0.25, 0.3) is 0 Å². The van der Waals surface area contributed by atoms with Crippen LogP contribution in [-0.4, -0.2) is 54.2 Å². The molecule has 6 nitrogen and oxygen atoms in total. The molecule has 3 N–H and O–H groups in total. The van der Waals surface area contributed by atoms with Gasteiger partial charge in [-0.25, -0.2) is 4.98 Å². The molecule has 1 fully saturated rings. The highest BCUT2D eigenvalue weighted by Crippen LogP contribution is 2.29. The van der Waals surface area contributed by atoms with E-state index in [9.17, 15) is 0 Å². The normalized spacial score (nSPS) is 17.8. The Morgan fingerprint density at radius 3 is 2.70 bits per heavy atom. The molecule has 20 heavy (non-hydrogen) atoms. The summed E-state index contributed by atoms with van der Waals surface area (Å²) in [6, 6.07) is 2.24. The van der Waals surface area contributed by atoms with Gasteiger partial charge in [-0.1, -0.05) is 16.8 Å². The van der Waals surface area contributed by atoms with E-state index in [1.807, 2.05) is 0 Å². The van der Waals surface area contributed by atoms with Gasteiger partial charge in [-0.3, -0.25) is 0 Å². The Labute approximate surface area is 123 Å².